The third-order valence-corrected chi connectivity index (χ3v) is 3.53. The van der Waals surface area contributed by atoms with Crippen molar-refractivity contribution in [2.45, 2.75) is 69.4 Å². The lowest BCUT2D eigenvalue weighted by molar-refractivity contribution is -0.151. The lowest BCUT2D eigenvalue weighted by Gasteiger charge is -2.31. The van der Waals surface area contributed by atoms with Gasteiger partial charge in [-0.1, -0.05) is 32.1 Å². The van der Waals surface area contributed by atoms with Crippen LogP contribution in [0.5, 0.6) is 0 Å². The van der Waals surface area contributed by atoms with Gasteiger partial charge in [0, 0.05) is 0 Å². The van der Waals surface area contributed by atoms with Crippen LogP contribution in [0.2, 0.25) is 0 Å². The Labute approximate surface area is 108 Å². The minimum Gasteiger partial charge on any atom is -0.394 e. The summed E-state index contributed by atoms with van der Waals surface area (Å²) >= 11 is 0. The average molecular weight is 262 g/mol. The van der Waals surface area contributed by atoms with Gasteiger partial charge >= 0.3 is 0 Å². The van der Waals surface area contributed by atoms with E-state index in [9.17, 15) is 10.2 Å². The summed E-state index contributed by atoms with van der Waals surface area (Å²) in [4.78, 5) is 0. The zero-order chi connectivity index (χ0) is 13.4. The topological polar surface area (TPSA) is 90.2 Å². The van der Waals surface area contributed by atoms with Crippen molar-refractivity contribution in [3.05, 3.63) is 0 Å². The third-order valence-electron chi connectivity index (χ3n) is 3.53. The SMILES string of the molecule is OCC(O)C(OC1CCCCCCC1)C(O)CO. The largest absolute Gasteiger partial charge is 0.394 e. The van der Waals surface area contributed by atoms with Crippen molar-refractivity contribution >= 4 is 0 Å². The first-order chi connectivity index (χ1) is 8.69. The summed E-state index contributed by atoms with van der Waals surface area (Å²) in [5.41, 5.74) is 0. The second-order valence-corrected chi connectivity index (χ2v) is 5.07. The number of aliphatic hydroxyl groups is 4. The minimum atomic E-state index is -1.16. The molecule has 18 heavy (non-hydrogen) atoms. The smallest absolute Gasteiger partial charge is 0.114 e. The second kappa shape index (κ2) is 8.82. The molecule has 1 saturated carbocycles. The Morgan fingerprint density at radius 2 is 1.28 bits per heavy atom. The molecule has 1 rings (SSSR count). The molecule has 0 saturated heterocycles. The number of rotatable bonds is 6. The summed E-state index contributed by atoms with van der Waals surface area (Å²) in [5, 5.41) is 37.2. The van der Waals surface area contributed by atoms with Crippen LogP contribution in [0.3, 0.4) is 0 Å². The third kappa shape index (κ3) is 5.20. The van der Waals surface area contributed by atoms with Crippen molar-refractivity contribution in [3.63, 3.8) is 0 Å². The van der Waals surface area contributed by atoms with Crippen LogP contribution >= 0.6 is 0 Å². The molecule has 0 bridgehead atoms. The monoisotopic (exact) mass is 262 g/mol. The molecule has 4 N–H and O–H groups in total. The molecule has 0 aromatic heterocycles. The molecule has 1 aliphatic carbocycles. The van der Waals surface area contributed by atoms with E-state index in [1.165, 1.54) is 19.3 Å². The maximum atomic E-state index is 9.63. The highest BCUT2D eigenvalue weighted by Crippen LogP contribution is 2.22. The Morgan fingerprint density at radius 1 is 0.833 bits per heavy atom. The summed E-state index contributed by atoms with van der Waals surface area (Å²) in [6, 6.07) is 0. The van der Waals surface area contributed by atoms with Crippen LogP contribution in [0.4, 0.5) is 0 Å². The number of ether oxygens (including phenoxy) is 1. The first-order valence-electron chi connectivity index (χ1n) is 6.92. The van der Waals surface area contributed by atoms with Gasteiger partial charge in [-0.05, 0) is 12.8 Å². The average Bonchev–Trinajstić information content (AvgIpc) is 2.36. The highest BCUT2D eigenvalue weighted by atomic mass is 16.5. The molecule has 5 nitrogen and oxygen atoms in total. The van der Waals surface area contributed by atoms with Gasteiger partial charge in [-0.25, -0.2) is 0 Å². The fraction of sp³-hybridized carbons (Fsp3) is 1.00. The molecule has 5 heteroatoms. The predicted octanol–water partition coefficient (Wildman–Crippen LogP) is 0.191. The van der Waals surface area contributed by atoms with Crippen LogP contribution in [0.15, 0.2) is 0 Å². The van der Waals surface area contributed by atoms with Gasteiger partial charge in [0.25, 0.3) is 0 Å². The van der Waals surface area contributed by atoms with Gasteiger partial charge in [-0.15, -0.1) is 0 Å². The van der Waals surface area contributed by atoms with Crippen molar-refractivity contribution in [2.24, 2.45) is 0 Å². The Hall–Kier alpha value is -0.200. The molecule has 1 fully saturated rings. The molecule has 0 spiro atoms. The van der Waals surface area contributed by atoms with Crippen molar-refractivity contribution in [2.75, 3.05) is 13.2 Å². The Balaban J connectivity index is 2.51. The number of hydrogen-bond acceptors (Lipinski definition) is 5. The second-order valence-electron chi connectivity index (χ2n) is 5.07. The molecule has 108 valence electrons. The van der Waals surface area contributed by atoms with Crippen molar-refractivity contribution in [1.82, 2.24) is 0 Å². The van der Waals surface area contributed by atoms with Gasteiger partial charge in [0.15, 0.2) is 0 Å². The van der Waals surface area contributed by atoms with E-state index in [4.69, 9.17) is 14.9 Å². The van der Waals surface area contributed by atoms with E-state index in [1.807, 2.05) is 0 Å². The van der Waals surface area contributed by atoms with E-state index < -0.39 is 31.5 Å². The normalized spacial score (nSPS) is 24.0. The van der Waals surface area contributed by atoms with E-state index in [2.05, 4.69) is 0 Å². The van der Waals surface area contributed by atoms with Gasteiger partial charge in [-0.3, -0.25) is 0 Å². The van der Waals surface area contributed by atoms with Gasteiger partial charge in [0.2, 0.25) is 0 Å². The standard InChI is InChI=1S/C13H26O5/c14-8-11(16)13(12(17)9-15)18-10-6-4-2-1-3-5-7-10/h10-17H,1-9H2. The highest BCUT2D eigenvalue weighted by molar-refractivity contribution is 4.78. The van der Waals surface area contributed by atoms with E-state index >= 15 is 0 Å². The Morgan fingerprint density at radius 3 is 1.72 bits per heavy atom. The van der Waals surface area contributed by atoms with Crippen LogP contribution < -0.4 is 0 Å². The van der Waals surface area contributed by atoms with E-state index in [0.29, 0.717) is 0 Å². The summed E-state index contributed by atoms with van der Waals surface area (Å²) < 4.78 is 5.71. The number of aliphatic hydroxyl groups excluding tert-OH is 4. The lowest BCUT2D eigenvalue weighted by Crippen LogP contribution is -2.45. The Kier molecular flexibility index (Phi) is 7.77. The van der Waals surface area contributed by atoms with Crippen molar-refractivity contribution in [1.29, 1.82) is 0 Å². The fourth-order valence-corrected chi connectivity index (χ4v) is 2.42. The van der Waals surface area contributed by atoms with Crippen LogP contribution in [0, 0.1) is 0 Å². The maximum Gasteiger partial charge on any atom is 0.114 e. The zero-order valence-electron chi connectivity index (χ0n) is 10.9. The summed E-state index contributed by atoms with van der Waals surface area (Å²) in [5.74, 6) is 0. The predicted molar refractivity (Wildman–Crippen MR) is 67.2 cm³/mol. The van der Waals surface area contributed by atoms with Crippen molar-refractivity contribution < 1.29 is 25.2 Å². The highest BCUT2D eigenvalue weighted by Gasteiger charge is 2.29. The first-order valence-corrected chi connectivity index (χ1v) is 6.92. The molecule has 2 unspecified atom stereocenters. The molecule has 0 radical (unpaired) electrons. The zero-order valence-corrected chi connectivity index (χ0v) is 10.9. The minimum absolute atomic E-state index is 0.00213. The van der Waals surface area contributed by atoms with Crippen LogP contribution in [-0.2, 0) is 4.74 Å². The van der Waals surface area contributed by atoms with E-state index in [1.54, 1.807) is 0 Å². The van der Waals surface area contributed by atoms with Crippen LogP contribution in [0.1, 0.15) is 44.9 Å². The van der Waals surface area contributed by atoms with E-state index in [0.717, 1.165) is 25.7 Å². The van der Waals surface area contributed by atoms with Crippen LogP contribution in [0.25, 0.3) is 0 Å². The lowest BCUT2D eigenvalue weighted by atomic mass is 9.98. The van der Waals surface area contributed by atoms with Gasteiger partial charge < -0.3 is 25.2 Å². The first kappa shape index (κ1) is 15.9. The Bertz CT molecular complexity index is 194. The molecule has 0 aromatic carbocycles. The summed E-state index contributed by atoms with van der Waals surface area (Å²) in [7, 11) is 0. The molecule has 2 atom stereocenters. The van der Waals surface area contributed by atoms with E-state index in [-0.39, 0.29) is 6.10 Å². The molecular formula is C13H26O5. The quantitative estimate of drug-likeness (QED) is 0.549. The molecule has 0 aromatic rings. The van der Waals surface area contributed by atoms with Gasteiger partial charge in [0.05, 0.1) is 19.3 Å². The summed E-state index contributed by atoms with van der Waals surface area (Å²) in [6.45, 7) is -0.955. The summed E-state index contributed by atoms with van der Waals surface area (Å²) in [6.07, 6.45) is 4.40. The molecule has 0 heterocycles. The van der Waals surface area contributed by atoms with Gasteiger partial charge in [0.1, 0.15) is 18.3 Å². The fourth-order valence-electron chi connectivity index (χ4n) is 2.42. The molecule has 0 amide bonds. The van der Waals surface area contributed by atoms with Crippen molar-refractivity contribution in [3.8, 4) is 0 Å². The van der Waals surface area contributed by atoms with Crippen LogP contribution in [-0.4, -0.2) is 58.1 Å². The maximum absolute atomic E-state index is 9.63. The molecule has 1 aliphatic rings. The van der Waals surface area contributed by atoms with Gasteiger partial charge in [-0.2, -0.15) is 0 Å². The molecule has 0 aliphatic heterocycles. The number of hydrogen-bond donors (Lipinski definition) is 4. The molecular weight excluding hydrogens is 236 g/mol.